The van der Waals surface area contributed by atoms with Gasteiger partial charge in [0.1, 0.15) is 6.61 Å². The molecule has 0 aliphatic carbocycles. The second-order valence-electron chi connectivity index (χ2n) is 4.80. The summed E-state index contributed by atoms with van der Waals surface area (Å²) in [4.78, 5) is 16.1. The van der Waals surface area contributed by atoms with Gasteiger partial charge in [-0.1, -0.05) is 13.8 Å². The molecule has 1 amide bonds. The highest BCUT2D eigenvalue weighted by atomic mass is 16.5. The van der Waals surface area contributed by atoms with Crippen LogP contribution in [0.4, 0.5) is 5.69 Å². The fourth-order valence-electron chi connectivity index (χ4n) is 1.69. The molecule has 1 unspecified atom stereocenters. The second kappa shape index (κ2) is 8.50. The lowest BCUT2D eigenvalue weighted by Crippen LogP contribution is -2.33. The number of nitrogens with zero attached hydrogens (tertiary/aromatic N) is 1. The van der Waals surface area contributed by atoms with Crippen LogP contribution in [0.2, 0.25) is 0 Å². The Bertz CT molecular complexity index is 407. The Balaban J connectivity index is 2.54. The predicted molar refractivity (Wildman–Crippen MR) is 77.6 cm³/mol. The molecule has 0 saturated heterocycles. The molecule has 0 aromatic carbocycles. The number of methoxy groups -OCH3 is 1. The van der Waals surface area contributed by atoms with E-state index in [1.807, 2.05) is 13.8 Å². The van der Waals surface area contributed by atoms with Crippen LogP contribution in [0.3, 0.4) is 0 Å². The summed E-state index contributed by atoms with van der Waals surface area (Å²) < 4.78 is 10.2. The summed E-state index contributed by atoms with van der Waals surface area (Å²) >= 11 is 0. The van der Waals surface area contributed by atoms with E-state index in [1.165, 1.54) is 0 Å². The average molecular weight is 281 g/mol. The number of nitrogens with one attached hydrogen (secondary N) is 1. The van der Waals surface area contributed by atoms with Gasteiger partial charge in [0.25, 0.3) is 0 Å². The van der Waals surface area contributed by atoms with Gasteiger partial charge in [-0.15, -0.1) is 0 Å². The fraction of sp³-hybridized carbons (Fsp3) is 0.571. The fourth-order valence-corrected chi connectivity index (χ4v) is 1.69. The van der Waals surface area contributed by atoms with Gasteiger partial charge in [-0.2, -0.15) is 0 Å². The van der Waals surface area contributed by atoms with Gasteiger partial charge < -0.3 is 20.5 Å². The highest BCUT2D eigenvalue weighted by Crippen LogP contribution is 2.15. The zero-order valence-electron chi connectivity index (χ0n) is 12.3. The van der Waals surface area contributed by atoms with E-state index in [0.717, 1.165) is 0 Å². The third-order valence-electron chi connectivity index (χ3n) is 2.94. The first-order valence-electron chi connectivity index (χ1n) is 6.67. The van der Waals surface area contributed by atoms with Crippen LogP contribution in [0.1, 0.15) is 13.8 Å². The lowest BCUT2D eigenvalue weighted by molar-refractivity contribution is -0.120. The molecule has 0 saturated carbocycles. The smallest absolute Gasteiger partial charge is 0.229 e. The quantitative estimate of drug-likeness (QED) is 0.701. The van der Waals surface area contributed by atoms with Crippen LogP contribution < -0.4 is 15.8 Å². The van der Waals surface area contributed by atoms with E-state index < -0.39 is 0 Å². The predicted octanol–water partition coefficient (Wildman–Crippen LogP) is 1.28. The second-order valence-corrected chi connectivity index (χ2v) is 4.80. The molecule has 20 heavy (non-hydrogen) atoms. The first-order valence-corrected chi connectivity index (χ1v) is 6.67. The molecule has 1 rings (SSSR count). The first kappa shape index (κ1) is 16.4. The number of carbonyl (C=O) groups is 1. The van der Waals surface area contributed by atoms with Crippen molar-refractivity contribution in [2.75, 3.05) is 32.2 Å². The molecule has 0 bridgehead atoms. The Morgan fingerprint density at radius 1 is 1.40 bits per heavy atom. The average Bonchev–Trinajstić information content (AvgIpc) is 2.41. The third kappa shape index (κ3) is 5.14. The zero-order chi connectivity index (χ0) is 15.0. The van der Waals surface area contributed by atoms with E-state index in [2.05, 4.69) is 10.3 Å². The molecule has 6 heteroatoms. The SMILES string of the molecule is COCCOc1ccc(NC(=O)C(CN)C(C)C)cn1. The highest BCUT2D eigenvalue weighted by Gasteiger charge is 2.20. The summed E-state index contributed by atoms with van der Waals surface area (Å²) in [6.45, 7) is 5.23. The van der Waals surface area contributed by atoms with Crippen molar-refractivity contribution in [1.82, 2.24) is 4.98 Å². The molecule has 0 fully saturated rings. The van der Waals surface area contributed by atoms with Gasteiger partial charge in [0.2, 0.25) is 11.8 Å². The molecule has 3 N–H and O–H groups in total. The summed E-state index contributed by atoms with van der Waals surface area (Å²) in [6, 6.07) is 3.46. The van der Waals surface area contributed by atoms with Crippen LogP contribution in [-0.4, -0.2) is 37.8 Å². The molecule has 0 aliphatic rings. The minimum atomic E-state index is -0.201. The van der Waals surface area contributed by atoms with Gasteiger partial charge in [0, 0.05) is 19.7 Å². The van der Waals surface area contributed by atoms with Crippen LogP contribution in [0.5, 0.6) is 5.88 Å². The number of rotatable bonds is 8. The van der Waals surface area contributed by atoms with Crippen LogP contribution in [0.25, 0.3) is 0 Å². The van der Waals surface area contributed by atoms with E-state index in [1.54, 1.807) is 25.4 Å². The van der Waals surface area contributed by atoms with Crippen molar-refractivity contribution >= 4 is 11.6 Å². The lowest BCUT2D eigenvalue weighted by atomic mass is 9.95. The van der Waals surface area contributed by atoms with Gasteiger partial charge in [-0.25, -0.2) is 4.98 Å². The number of hydrogen-bond acceptors (Lipinski definition) is 5. The Morgan fingerprint density at radius 2 is 2.15 bits per heavy atom. The van der Waals surface area contributed by atoms with Gasteiger partial charge in [0.05, 0.1) is 24.4 Å². The Kier molecular flexibility index (Phi) is 6.97. The standard InChI is InChI=1S/C14H23N3O3/c1-10(2)12(8-15)14(18)17-11-4-5-13(16-9-11)20-7-6-19-3/h4-5,9-10,12H,6-8,15H2,1-3H3,(H,17,18). The van der Waals surface area contributed by atoms with Crippen molar-refractivity contribution in [2.24, 2.45) is 17.6 Å². The number of pyridine rings is 1. The summed E-state index contributed by atoms with van der Waals surface area (Å²) in [7, 11) is 1.61. The number of hydrogen-bond donors (Lipinski definition) is 2. The van der Waals surface area contributed by atoms with Gasteiger partial charge in [-0.3, -0.25) is 4.79 Å². The van der Waals surface area contributed by atoms with Crippen molar-refractivity contribution in [2.45, 2.75) is 13.8 Å². The van der Waals surface area contributed by atoms with E-state index in [9.17, 15) is 4.79 Å². The molecule has 1 heterocycles. The first-order chi connectivity index (χ1) is 9.58. The van der Waals surface area contributed by atoms with E-state index in [0.29, 0.717) is 31.3 Å². The van der Waals surface area contributed by atoms with Crippen molar-refractivity contribution in [3.63, 3.8) is 0 Å². The molecule has 1 aromatic rings. The molecule has 0 spiro atoms. The van der Waals surface area contributed by atoms with Crippen LogP contribution in [0.15, 0.2) is 18.3 Å². The van der Waals surface area contributed by atoms with Crippen molar-refractivity contribution in [3.8, 4) is 5.88 Å². The molecule has 1 atom stereocenters. The van der Waals surface area contributed by atoms with Crippen LogP contribution in [-0.2, 0) is 9.53 Å². The minimum absolute atomic E-state index is 0.0858. The number of carbonyl (C=O) groups excluding carboxylic acids is 1. The van der Waals surface area contributed by atoms with Crippen molar-refractivity contribution < 1.29 is 14.3 Å². The number of anilines is 1. The summed E-state index contributed by atoms with van der Waals surface area (Å²) in [5.41, 5.74) is 6.24. The summed E-state index contributed by atoms with van der Waals surface area (Å²) in [5, 5.41) is 2.81. The summed E-state index contributed by atoms with van der Waals surface area (Å²) in [6.07, 6.45) is 1.56. The monoisotopic (exact) mass is 281 g/mol. The highest BCUT2D eigenvalue weighted by molar-refractivity contribution is 5.92. The minimum Gasteiger partial charge on any atom is -0.475 e. The maximum Gasteiger partial charge on any atom is 0.229 e. The van der Waals surface area contributed by atoms with E-state index in [-0.39, 0.29) is 17.7 Å². The maximum absolute atomic E-state index is 12.0. The maximum atomic E-state index is 12.0. The third-order valence-corrected chi connectivity index (χ3v) is 2.94. The lowest BCUT2D eigenvalue weighted by Gasteiger charge is -2.18. The van der Waals surface area contributed by atoms with Crippen molar-refractivity contribution in [3.05, 3.63) is 18.3 Å². The van der Waals surface area contributed by atoms with Crippen LogP contribution in [0, 0.1) is 11.8 Å². The van der Waals surface area contributed by atoms with E-state index >= 15 is 0 Å². The summed E-state index contributed by atoms with van der Waals surface area (Å²) in [5.74, 6) is 0.411. The van der Waals surface area contributed by atoms with Gasteiger partial charge in [-0.05, 0) is 12.0 Å². The normalized spacial score (nSPS) is 12.2. The Labute approximate surface area is 119 Å². The van der Waals surface area contributed by atoms with Crippen LogP contribution >= 0.6 is 0 Å². The molecule has 0 radical (unpaired) electrons. The number of nitrogens with two attached hydrogens (primary N) is 1. The van der Waals surface area contributed by atoms with Crippen molar-refractivity contribution in [1.29, 1.82) is 0 Å². The molecule has 112 valence electrons. The van der Waals surface area contributed by atoms with Gasteiger partial charge >= 0.3 is 0 Å². The largest absolute Gasteiger partial charge is 0.475 e. The molecular weight excluding hydrogens is 258 g/mol. The number of aromatic nitrogens is 1. The molecule has 1 aromatic heterocycles. The Morgan fingerprint density at radius 3 is 2.65 bits per heavy atom. The molecule has 6 nitrogen and oxygen atoms in total. The van der Waals surface area contributed by atoms with E-state index in [4.69, 9.17) is 15.2 Å². The number of ether oxygens (including phenoxy) is 2. The van der Waals surface area contributed by atoms with Gasteiger partial charge in [0.15, 0.2) is 0 Å². The molecule has 0 aliphatic heterocycles. The molecular formula is C14H23N3O3. The Hall–Kier alpha value is -1.66. The topological polar surface area (TPSA) is 86.5 Å². The number of amides is 1. The zero-order valence-corrected chi connectivity index (χ0v) is 12.3.